The van der Waals surface area contributed by atoms with Crippen molar-refractivity contribution >= 4 is 5.97 Å². The van der Waals surface area contributed by atoms with Gasteiger partial charge in [0.25, 0.3) is 0 Å². The van der Waals surface area contributed by atoms with Crippen molar-refractivity contribution in [2.45, 2.75) is 275 Å². The van der Waals surface area contributed by atoms with Gasteiger partial charge in [-0.3, -0.25) is 4.79 Å². The standard InChI is InChI=1S/C48H92O9/c1-3-5-7-9-11-13-15-17-18-19-20-21-22-23-24-26-28-30-32-34-36-38-44(51)56-43(40-55-48-47(54)46(53)45(52)42(39-49)57-48)41(50)37-35-33-31-29-27-25-16-14-12-10-8-6-4-2/h17-18,41-43,45-50,52-54H,3-16,19-40H2,1-2H3/b18-17-/t41-,42-,43+,45-,46+,47-,48-/m1/s1. The lowest BCUT2D eigenvalue weighted by Gasteiger charge is -2.40. The highest BCUT2D eigenvalue weighted by molar-refractivity contribution is 5.69. The van der Waals surface area contributed by atoms with E-state index in [-0.39, 0.29) is 13.0 Å². The molecule has 5 N–H and O–H groups in total. The molecule has 338 valence electrons. The van der Waals surface area contributed by atoms with E-state index in [1.54, 1.807) is 0 Å². The summed E-state index contributed by atoms with van der Waals surface area (Å²) in [6.07, 6.45) is 36.1. The summed E-state index contributed by atoms with van der Waals surface area (Å²) in [5.41, 5.74) is 0. The minimum absolute atomic E-state index is 0.246. The van der Waals surface area contributed by atoms with Crippen LogP contribution < -0.4 is 0 Å². The van der Waals surface area contributed by atoms with Crippen molar-refractivity contribution < 1.29 is 44.5 Å². The molecule has 0 aromatic carbocycles. The third-order valence-electron chi connectivity index (χ3n) is 11.7. The van der Waals surface area contributed by atoms with Gasteiger partial charge in [0.1, 0.15) is 24.4 Å². The number of aliphatic hydroxyl groups excluding tert-OH is 5. The number of esters is 1. The summed E-state index contributed by atoms with van der Waals surface area (Å²) in [4.78, 5) is 12.9. The van der Waals surface area contributed by atoms with E-state index in [9.17, 15) is 30.3 Å². The number of carbonyl (C=O) groups excluding carboxylic acids is 1. The number of hydrogen-bond donors (Lipinski definition) is 5. The van der Waals surface area contributed by atoms with Gasteiger partial charge < -0.3 is 39.7 Å². The molecule has 0 unspecified atom stereocenters. The van der Waals surface area contributed by atoms with E-state index < -0.39 is 55.5 Å². The Balaban J connectivity index is 2.26. The fraction of sp³-hybridized carbons (Fsp3) is 0.938. The van der Waals surface area contributed by atoms with Crippen LogP contribution in [0.3, 0.4) is 0 Å². The Labute approximate surface area is 350 Å². The lowest BCUT2D eigenvalue weighted by atomic mass is 9.99. The van der Waals surface area contributed by atoms with Crippen molar-refractivity contribution in [2.75, 3.05) is 13.2 Å². The topological polar surface area (TPSA) is 146 Å². The molecule has 1 rings (SSSR count). The lowest BCUT2D eigenvalue weighted by Crippen LogP contribution is -2.59. The van der Waals surface area contributed by atoms with Gasteiger partial charge in [0, 0.05) is 6.42 Å². The Kier molecular flexibility index (Phi) is 37.0. The zero-order chi connectivity index (χ0) is 41.6. The lowest BCUT2D eigenvalue weighted by molar-refractivity contribution is -0.306. The van der Waals surface area contributed by atoms with E-state index in [1.165, 1.54) is 167 Å². The van der Waals surface area contributed by atoms with Crippen LogP contribution in [0.25, 0.3) is 0 Å². The van der Waals surface area contributed by atoms with Gasteiger partial charge in [-0.2, -0.15) is 0 Å². The van der Waals surface area contributed by atoms with Gasteiger partial charge in [-0.05, 0) is 38.5 Å². The SMILES string of the molecule is CCCCCCCC/C=C\CCCCCCCCCCCCCC(=O)O[C@@H](CO[C@@H]1O[C@H](CO)[C@@H](O)[C@H](O)[C@H]1O)[C@H](O)CCCCCCCCCCCCCCC. The van der Waals surface area contributed by atoms with Crippen LogP contribution in [0.15, 0.2) is 12.2 Å². The zero-order valence-electron chi connectivity index (χ0n) is 37.0. The number of unbranched alkanes of at least 4 members (excludes halogenated alkanes) is 29. The summed E-state index contributed by atoms with van der Waals surface area (Å²) < 4.78 is 16.9. The molecular formula is C48H92O9. The molecule has 0 spiro atoms. The molecule has 0 saturated carbocycles. The van der Waals surface area contributed by atoms with Crippen LogP contribution in [-0.2, 0) is 19.0 Å². The van der Waals surface area contributed by atoms with E-state index >= 15 is 0 Å². The molecule has 9 nitrogen and oxygen atoms in total. The zero-order valence-corrected chi connectivity index (χ0v) is 37.0. The first kappa shape index (κ1) is 53.9. The van der Waals surface area contributed by atoms with E-state index in [0.717, 1.165) is 38.5 Å². The Hall–Kier alpha value is -1.07. The van der Waals surface area contributed by atoms with E-state index in [2.05, 4.69) is 26.0 Å². The molecule has 0 aromatic rings. The average Bonchev–Trinajstić information content (AvgIpc) is 3.21. The molecule has 9 heteroatoms. The number of ether oxygens (including phenoxy) is 3. The van der Waals surface area contributed by atoms with Gasteiger partial charge in [0.05, 0.1) is 19.3 Å². The predicted octanol–water partition coefficient (Wildman–Crippen LogP) is 10.9. The van der Waals surface area contributed by atoms with Crippen LogP contribution >= 0.6 is 0 Å². The fourth-order valence-corrected chi connectivity index (χ4v) is 7.80. The van der Waals surface area contributed by atoms with Crippen molar-refractivity contribution in [1.29, 1.82) is 0 Å². The molecule has 0 bridgehead atoms. The van der Waals surface area contributed by atoms with Crippen molar-refractivity contribution in [3.05, 3.63) is 12.2 Å². The molecule has 0 amide bonds. The number of rotatable bonds is 41. The summed E-state index contributed by atoms with van der Waals surface area (Å²) in [7, 11) is 0. The molecule has 0 radical (unpaired) electrons. The Morgan fingerprint density at radius 2 is 0.965 bits per heavy atom. The molecule has 0 aliphatic carbocycles. The number of carbonyl (C=O) groups is 1. The number of aliphatic hydroxyl groups is 5. The second-order valence-corrected chi connectivity index (χ2v) is 17.1. The molecule has 1 heterocycles. The largest absolute Gasteiger partial charge is 0.457 e. The van der Waals surface area contributed by atoms with Crippen LogP contribution in [-0.4, -0.2) is 87.6 Å². The second-order valence-electron chi connectivity index (χ2n) is 17.1. The predicted molar refractivity (Wildman–Crippen MR) is 233 cm³/mol. The van der Waals surface area contributed by atoms with Gasteiger partial charge in [-0.1, -0.05) is 199 Å². The first-order valence-electron chi connectivity index (χ1n) is 24.3. The average molecular weight is 813 g/mol. The van der Waals surface area contributed by atoms with Crippen LogP contribution in [0, 0.1) is 0 Å². The Morgan fingerprint density at radius 3 is 1.40 bits per heavy atom. The second kappa shape index (κ2) is 39.1. The fourth-order valence-electron chi connectivity index (χ4n) is 7.80. The maximum Gasteiger partial charge on any atom is 0.306 e. The molecule has 1 fully saturated rings. The van der Waals surface area contributed by atoms with E-state index in [0.29, 0.717) is 6.42 Å². The van der Waals surface area contributed by atoms with Gasteiger partial charge in [-0.15, -0.1) is 0 Å². The van der Waals surface area contributed by atoms with E-state index in [1.807, 2.05) is 0 Å². The highest BCUT2D eigenvalue weighted by Crippen LogP contribution is 2.24. The number of hydrogen-bond acceptors (Lipinski definition) is 9. The molecule has 1 saturated heterocycles. The monoisotopic (exact) mass is 813 g/mol. The van der Waals surface area contributed by atoms with Crippen molar-refractivity contribution in [3.8, 4) is 0 Å². The van der Waals surface area contributed by atoms with Gasteiger partial charge in [0.15, 0.2) is 12.4 Å². The van der Waals surface area contributed by atoms with Crippen molar-refractivity contribution in [1.82, 2.24) is 0 Å². The van der Waals surface area contributed by atoms with Crippen LogP contribution in [0.1, 0.15) is 232 Å². The number of allylic oxidation sites excluding steroid dienone is 2. The maximum absolute atomic E-state index is 12.9. The van der Waals surface area contributed by atoms with Gasteiger partial charge >= 0.3 is 5.97 Å². The molecule has 1 aliphatic heterocycles. The first-order chi connectivity index (χ1) is 27.8. The normalized spacial score (nSPS) is 21.0. The minimum atomic E-state index is -1.57. The Bertz CT molecular complexity index is 899. The quantitative estimate of drug-likeness (QED) is 0.0231. The van der Waals surface area contributed by atoms with E-state index in [4.69, 9.17) is 14.2 Å². The summed E-state index contributed by atoms with van der Waals surface area (Å²) >= 11 is 0. The summed E-state index contributed by atoms with van der Waals surface area (Å²) in [5, 5.41) is 51.3. The summed E-state index contributed by atoms with van der Waals surface area (Å²) in [5.74, 6) is -0.393. The third-order valence-corrected chi connectivity index (χ3v) is 11.7. The molecule has 1 aliphatic rings. The Morgan fingerprint density at radius 1 is 0.561 bits per heavy atom. The maximum atomic E-state index is 12.9. The minimum Gasteiger partial charge on any atom is -0.457 e. The molecular weight excluding hydrogens is 721 g/mol. The van der Waals surface area contributed by atoms with Gasteiger partial charge in [0.2, 0.25) is 0 Å². The van der Waals surface area contributed by atoms with Crippen LogP contribution in [0.2, 0.25) is 0 Å². The van der Waals surface area contributed by atoms with Crippen LogP contribution in [0.5, 0.6) is 0 Å². The summed E-state index contributed by atoms with van der Waals surface area (Å²) in [6, 6.07) is 0. The van der Waals surface area contributed by atoms with Crippen molar-refractivity contribution in [2.24, 2.45) is 0 Å². The van der Waals surface area contributed by atoms with Gasteiger partial charge in [-0.25, -0.2) is 0 Å². The third kappa shape index (κ3) is 29.7. The highest BCUT2D eigenvalue weighted by atomic mass is 16.7. The molecule has 57 heavy (non-hydrogen) atoms. The smallest absolute Gasteiger partial charge is 0.306 e. The molecule has 7 atom stereocenters. The molecule has 0 aromatic heterocycles. The summed E-state index contributed by atoms with van der Waals surface area (Å²) in [6.45, 7) is 3.71. The first-order valence-corrected chi connectivity index (χ1v) is 24.3. The van der Waals surface area contributed by atoms with Crippen molar-refractivity contribution in [3.63, 3.8) is 0 Å². The highest BCUT2D eigenvalue weighted by Gasteiger charge is 2.44. The van der Waals surface area contributed by atoms with Crippen LogP contribution in [0.4, 0.5) is 0 Å².